The first-order chi connectivity index (χ1) is 12.9. The van der Waals surface area contributed by atoms with Crippen molar-refractivity contribution < 1.29 is 4.79 Å². The summed E-state index contributed by atoms with van der Waals surface area (Å²) in [6.07, 6.45) is 5.87. The van der Waals surface area contributed by atoms with E-state index in [2.05, 4.69) is 10.2 Å². The van der Waals surface area contributed by atoms with Gasteiger partial charge in [-0.05, 0) is 77.2 Å². The van der Waals surface area contributed by atoms with Crippen LogP contribution >= 0.6 is 11.6 Å². The Bertz CT molecular complexity index is 920. The number of fused-ring (bicyclic) bond motifs is 2. The average Bonchev–Trinajstić information content (AvgIpc) is 3.24. The molecular formula is C20H27ClN4O2. The molecule has 2 aromatic rings. The number of benzene rings is 1. The molecule has 2 fully saturated rings. The monoisotopic (exact) mass is 390 g/mol. The molecule has 0 bridgehead atoms. The maximum Gasteiger partial charge on any atom is 0.337 e. The third kappa shape index (κ3) is 3.09. The highest BCUT2D eigenvalue weighted by atomic mass is 35.5. The van der Waals surface area contributed by atoms with Crippen LogP contribution in [0.2, 0.25) is 5.02 Å². The zero-order chi connectivity index (χ0) is 19.2. The van der Waals surface area contributed by atoms with Crippen LogP contribution in [-0.2, 0) is 0 Å². The van der Waals surface area contributed by atoms with E-state index in [0.29, 0.717) is 22.6 Å². The second-order valence-electron chi connectivity index (χ2n) is 8.12. The topological polar surface area (TPSA) is 59.3 Å². The van der Waals surface area contributed by atoms with E-state index in [9.17, 15) is 9.59 Å². The number of hydrogen-bond acceptors (Lipinski definition) is 3. The van der Waals surface area contributed by atoms with Crippen molar-refractivity contribution in [2.45, 2.75) is 57.5 Å². The summed E-state index contributed by atoms with van der Waals surface area (Å²) < 4.78 is 2.86. The van der Waals surface area contributed by atoms with E-state index in [1.54, 1.807) is 22.8 Å². The van der Waals surface area contributed by atoms with Crippen LogP contribution < -0.4 is 11.0 Å². The van der Waals surface area contributed by atoms with Crippen LogP contribution in [0.4, 0.5) is 4.79 Å². The summed E-state index contributed by atoms with van der Waals surface area (Å²) in [4.78, 5) is 28.3. The van der Waals surface area contributed by atoms with Crippen LogP contribution in [0.5, 0.6) is 0 Å². The van der Waals surface area contributed by atoms with Crippen molar-refractivity contribution in [1.82, 2.24) is 19.4 Å². The Morgan fingerprint density at radius 3 is 2.59 bits per heavy atom. The Morgan fingerprint density at radius 1 is 1.22 bits per heavy atom. The van der Waals surface area contributed by atoms with E-state index in [4.69, 9.17) is 11.6 Å². The Hall–Kier alpha value is -1.79. The molecule has 2 saturated heterocycles. The molecule has 2 aliphatic rings. The van der Waals surface area contributed by atoms with Gasteiger partial charge in [0, 0.05) is 23.1 Å². The van der Waals surface area contributed by atoms with Crippen molar-refractivity contribution >= 4 is 28.7 Å². The van der Waals surface area contributed by atoms with Gasteiger partial charge in [-0.15, -0.1) is 0 Å². The summed E-state index contributed by atoms with van der Waals surface area (Å²) in [7, 11) is 0. The van der Waals surface area contributed by atoms with Gasteiger partial charge in [-0.2, -0.15) is 0 Å². The van der Waals surface area contributed by atoms with Crippen molar-refractivity contribution in [3.8, 4) is 0 Å². The number of carbonyl (C=O) groups is 1. The van der Waals surface area contributed by atoms with E-state index < -0.39 is 0 Å². The zero-order valence-corrected chi connectivity index (χ0v) is 16.8. The highest BCUT2D eigenvalue weighted by molar-refractivity contribution is 6.31. The second kappa shape index (κ2) is 6.99. The molecule has 1 aromatic carbocycles. The van der Waals surface area contributed by atoms with Crippen LogP contribution in [0.3, 0.4) is 0 Å². The van der Waals surface area contributed by atoms with Gasteiger partial charge in [-0.1, -0.05) is 11.6 Å². The average molecular weight is 391 g/mol. The smallest absolute Gasteiger partial charge is 0.337 e. The molecule has 7 heteroatoms. The van der Waals surface area contributed by atoms with Gasteiger partial charge in [0.2, 0.25) is 0 Å². The summed E-state index contributed by atoms with van der Waals surface area (Å²) in [6, 6.07) is 4.79. The van der Waals surface area contributed by atoms with Crippen LogP contribution in [-0.4, -0.2) is 45.2 Å². The van der Waals surface area contributed by atoms with Gasteiger partial charge in [-0.3, -0.25) is 9.47 Å². The normalized spacial score (nSPS) is 19.1. The molecule has 0 atom stereocenters. The molecule has 0 aliphatic carbocycles. The lowest BCUT2D eigenvalue weighted by Crippen LogP contribution is -2.43. The molecule has 0 spiro atoms. The molecule has 0 saturated carbocycles. The fraction of sp³-hybridized carbons (Fsp3) is 0.600. The quantitative estimate of drug-likeness (QED) is 0.867. The molecule has 3 heterocycles. The van der Waals surface area contributed by atoms with Crippen molar-refractivity contribution in [3.63, 3.8) is 0 Å². The van der Waals surface area contributed by atoms with Crippen LogP contribution in [0.25, 0.3) is 11.0 Å². The molecule has 6 nitrogen and oxygen atoms in total. The first-order valence-electron chi connectivity index (χ1n) is 9.89. The number of nitrogens with one attached hydrogen (secondary N) is 1. The van der Waals surface area contributed by atoms with Gasteiger partial charge in [0.1, 0.15) is 0 Å². The van der Waals surface area contributed by atoms with Crippen molar-refractivity contribution in [2.24, 2.45) is 0 Å². The summed E-state index contributed by atoms with van der Waals surface area (Å²) in [6.45, 7) is 6.80. The zero-order valence-electron chi connectivity index (χ0n) is 16.0. The molecule has 4 rings (SSSR count). The van der Waals surface area contributed by atoms with Crippen LogP contribution in [0.15, 0.2) is 23.0 Å². The van der Waals surface area contributed by atoms with E-state index >= 15 is 0 Å². The Labute approximate surface area is 164 Å². The van der Waals surface area contributed by atoms with Crippen LogP contribution in [0.1, 0.15) is 52.0 Å². The van der Waals surface area contributed by atoms with E-state index in [1.165, 1.54) is 43.3 Å². The summed E-state index contributed by atoms with van der Waals surface area (Å²) in [5.74, 6) is 0. The van der Waals surface area contributed by atoms with E-state index in [1.807, 2.05) is 13.8 Å². The Morgan fingerprint density at radius 2 is 1.93 bits per heavy atom. The fourth-order valence-electron chi connectivity index (χ4n) is 5.00. The summed E-state index contributed by atoms with van der Waals surface area (Å²) in [5.41, 5.74) is 1.23. The lowest BCUT2D eigenvalue weighted by molar-refractivity contribution is 0.181. The molecule has 27 heavy (non-hydrogen) atoms. The SMILES string of the molecule is CC(C)n1c(=O)n(C(=O)NCCC23CCCN2CCC3)c2ccc(Cl)cc21. The summed E-state index contributed by atoms with van der Waals surface area (Å²) in [5, 5.41) is 3.54. The molecule has 2 aliphatic heterocycles. The van der Waals surface area contributed by atoms with Crippen molar-refractivity contribution in [2.75, 3.05) is 19.6 Å². The number of amides is 1. The van der Waals surface area contributed by atoms with Crippen LogP contribution in [0, 0.1) is 0 Å². The van der Waals surface area contributed by atoms with Crippen molar-refractivity contribution in [1.29, 1.82) is 0 Å². The molecular weight excluding hydrogens is 364 g/mol. The van der Waals surface area contributed by atoms with Gasteiger partial charge in [0.25, 0.3) is 0 Å². The minimum Gasteiger partial charge on any atom is -0.337 e. The first kappa shape index (κ1) is 18.6. The molecule has 1 N–H and O–H groups in total. The number of imidazole rings is 1. The van der Waals surface area contributed by atoms with E-state index in [-0.39, 0.29) is 23.3 Å². The fourth-order valence-corrected chi connectivity index (χ4v) is 5.17. The predicted octanol–water partition coefficient (Wildman–Crippen LogP) is 3.61. The highest BCUT2D eigenvalue weighted by Gasteiger charge is 2.43. The third-order valence-electron chi connectivity index (χ3n) is 6.23. The van der Waals surface area contributed by atoms with Gasteiger partial charge in [-0.25, -0.2) is 14.2 Å². The lowest BCUT2D eigenvalue weighted by Gasteiger charge is -2.32. The van der Waals surface area contributed by atoms with Crippen molar-refractivity contribution in [3.05, 3.63) is 33.7 Å². The largest absolute Gasteiger partial charge is 0.337 e. The van der Waals surface area contributed by atoms with Gasteiger partial charge in [0.15, 0.2) is 0 Å². The minimum atomic E-state index is -0.356. The number of aromatic nitrogens is 2. The number of hydrogen-bond donors (Lipinski definition) is 1. The highest BCUT2D eigenvalue weighted by Crippen LogP contribution is 2.40. The maximum absolute atomic E-state index is 12.9. The molecule has 1 aromatic heterocycles. The minimum absolute atomic E-state index is 0.0584. The van der Waals surface area contributed by atoms with E-state index in [0.717, 1.165) is 6.42 Å². The molecule has 0 unspecified atom stereocenters. The first-order valence-corrected chi connectivity index (χ1v) is 10.3. The number of nitrogens with zero attached hydrogens (tertiary/aromatic N) is 3. The molecule has 1 amide bonds. The Kier molecular flexibility index (Phi) is 4.80. The number of rotatable bonds is 4. The van der Waals surface area contributed by atoms with Gasteiger partial charge in [0.05, 0.1) is 11.0 Å². The van der Waals surface area contributed by atoms with Gasteiger partial charge < -0.3 is 5.32 Å². The Balaban J connectivity index is 1.56. The maximum atomic E-state index is 12.9. The number of carbonyl (C=O) groups excluding carboxylic acids is 1. The van der Waals surface area contributed by atoms with Gasteiger partial charge >= 0.3 is 11.7 Å². The third-order valence-corrected chi connectivity index (χ3v) is 6.47. The number of halogens is 1. The molecule has 146 valence electrons. The predicted molar refractivity (Wildman–Crippen MR) is 108 cm³/mol. The molecule has 0 radical (unpaired) electrons. The lowest BCUT2D eigenvalue weighted by atomic mass is 9.90. The summed E-state index contributed by atoms with van der Waals surface area (Å²) >= 11 is 6.11. The second-order valence-corrected chi connectivity index (χ2v) is 8.55. The standard InChI is InChI=1S/C20H27ClN4O2/c1-14(2)24-17-13-15(21)5-6-16(17)25(19(24)27)18(26)22-10-9-20-7-3-11-23(20)12-4-8-20/h5-6,13-14H,3-4,7-12H2,1-2H3,(H,22,26).